The van der Waals surface area contributed by atoms with Gasteiger partial charge in [0.2, 0.25) is 5.91 Å². The molecule has 4 heteroatoms. The third-order valence-electron chi connectivity index (χ3n) is 4.20. The molecule has 0 fully saturated rings. The largest absolute Gasteiger partial charge is 0.463 e. The van der Waals surface area contributed by atoms with Crippen molar-refractivity contribution in [1.29, 1.82) is 0 Å². The molecule has 2 atom stereocenters. The van der Waals surface area contributed by atoms with Crippen molar-refractivity contribution in [1.82, 2.24) is 5.32 Å². The van der Waals surface area contributed by atoms with Gasteiger partial charge in [0.1, 0.15) is 6.61 Å². The first-order valence-corrected chi connectivity index (χ1v) is 8.07. The second kappa shape index (κ2) is 7.44. The van der Waals surface area contributed by atoms with Crippen molar-refractivity contribution >= 4 is 11.9 Å². The molecule has 2 rings (SSSR count). The molecule has 0 radical (unpaired) electrons. The third kappa shape index (κ3) is 4.68. The van der Waals surface area contributed by atoms with E-state index in [4.69, 9.17) is 4.74 Å². The van der Waals surface area contributed by atoms with E-state index in [1.54, 1.807) is 0 Å². The van der Waals surface area contributed by atoms with Gasteiger partial charge in [-0.25, -0.2) is 0 Å². The standard InChI is InChI=1S/C19H25NO3/c1-14-9-7-8-12-19(2,3)18(22)20-16(13-23-17(14)21)15-10-5-4-6-11-15/h4-8,10-11,14,16H,9,12-13H2,1-3H3,(H,20,22)/b8-7+/t14-,16+/m1/s1. The van der Waals surface area contributed by atoms with Crippen molar-refractivity contribution in [3.05, 3.63) is 48.0 Å². The lowest BCUT2D eigenvalue weighted by atomic mass is 9.87. The maximum atomic E-state index is 12.6. The summed E-state index contributed by atoms with van der Waals surface area (Å²) in [5.41, 5.74) is 0.431. The predicted molar refractivity (Wildman–Crippen MR) is 89.6 cm³/mol. The van der Waals surface area contributed by atoms with Crippen LogP contribution in [0.4, 0.5) is 0 Å². The lowest BCUT2D eigenvalue weighted by Gasteiger charge is -2.27. The van der Waals surface area contributed by atoms with Crippen LogP contribution in [0.15, 0.2) is 42.5 Å². The van der Waals surface area contributed by atoms with Crippen LogP contribution in [0.25, 0.3) is 0 Å². The van der Waals surface area contributed by atoms with Gasteiger partial charge in [-0.15, -0.1) is 0 Å². The Balaban J connectivity index is 2.26. The van der Waals surface area contributed by atoms with E-state index in [9.17, 15) is 9.59 Å². The molecule has 0 bridgehead atoms. The van der Waals surface area contributed by atoms with E-state index in [0.29, 0.717) is 12.8 Å². The van der Waals surface area contributed by atoms with Gasteiger partial charge < -0.3 is 10.1 Å². The second-order valence-corrected chi connectivity index (χ2v) is 6.76. The number of amides is 1. The van der Waals surface area contributed by atoms with Crippen molar-refractivity contribution < 1.29 is 14.3 Å². The van der Waals surface area contributed by atoms with Crippen molar-refractivity contribution in [3.8, 4) is 0 Å². The van der Waals surface area contributed by atoms with Gasteiger partial charge in [-0.05, 0) is 18.4 Å². The molecule has 1 aromatic carbocycles. The molecule has 0 unspecified atom stereocenters. The molecule has 1 heterocycles. The van der Waals surface area contributed by atoms with Gasteiger partial charge in [0.25, 0.3) is 0 Å². The summed E-state index contributed by atoms with van der Waals surface area (Å²) in [7, 11) is 0. The van der Waals surface area contributed by atoms with Crippen molar-refractivity contribution in [3.63, 3.8) is 0 Å². The lowest BCUT2D eigenvalue weighted by molar-refractivity contribution is -0.149. The monoisotopic (exact) mass is 315 g/mol. The Kier molecular flexibility index (Phi) is 5.59. The van der Waals surface area contributed by atoms with Gasteiger partial charge in [0.05, 0.1) is 12.0 Å². The Morgan fingerprint density at radius 2 is 1.83 bits per heavy atom. The minimum Gasteiger partial charge on any atom is -0.463 e. The molecule has 1 aliphatic rings. The number of rotatable bonds is 1. The molecule has 1 N–H and O–H groups in total. The minimum absolute atomic E-state index is 0.0410. The van der Waals surface area contributed by atoms with Gasteiger partial charge in [0, 0.05) is 5.41 Å². The van der Waals surface area contributed by atoms with Crippen LogP contribution in [0.1, 0.15) is 45.2 Å². The molecule has 1 amide bonds. The molecule has 4 nitrogen and oxygen atoms in total. The van der Waals surface area contributed by atoms with Crippen LogP contribution in [0.3, 0.4) is 0 Å². The van der Waals surface area contributed by atoms with E-state index in [-0.39, 0.29) is 30.4 Å². The summed E-state index contributed by atoms with van der Waals surface area (Å²) in [6, 6.07) is 9.28. The summed E-state index contributed by atoms with van der Waals surface area (Å²) in [6.07, 6.45) is 5.20. The fraction of sp³-hybridized carbons (Fsp3) is 0.474. The fourth-order valence-electron chi connectivity index (χ4n) is 2.44. The van der Waals surface area contributed by atoms with Crippen LogP contribution in [0, 0.1) is 11.3 Å². The van der Waals surface area contributed by atoms with Gasteiger partial charge in [-0.2, -0.15) is 0 Å². The fourth-order valence-corrected chi connectivity index (χ4v) is 2.44. The van der Waals surface area contributed by atoms with Gasteiger partial charge in [0.15, 0.2) is 0 Å². The maximum absolute atomic E-state index is 12.6. The zero-order chi connectivity index (χ0) is 16.9. The molecule has 0 saturated carbocycles. The highest BCUT2D eigenvalue weighted by atomic mass is 16.5. The Morgan fingerprint density at radius 3 is 2.52 bits per heavy atom. The topological polar surface area (TPSA) is 55.4 Å². The zero-order valence-electron chi connectivity index (χ0n) is 14.0. The maximum Gasteiger partial charge on any atom is 0.309 e. The summed E-state index contributed by atoms with van der Waals surface area (Å²) in [5, 5.41) is 3.03. The minimum atomic E-state index is -0.504. The number of ether oxygens (including phenoxy) is 1. The lowest BCUT2D eigenvalue weighted by Crippen LogP contribution is -2.41. The Hall–Kier alpha value is -2.10. The molecule has 124 valence electrons. The number of allylic oxidation sites excluding steroid dienone is 2. The number of nitrogens with one attached hydrogen (secondary N) is 1. The van der Waals surface area contributed by atoms with E-state index < -0.39 is 5.41 Å². The van der Waals surface area contributed by atoms with Crippen LogP contribution in [0.2, 0.25) is 0 Å². The number of benzene rings is 1. The number of carbonyl (C=O) groups excluding carboxylic acids is 2. The Bertz CT molecular complexity index is 578. The molecule has 0 spiro atoms. The van der Waals surface area contributed by atoms with Gasteiger partial charge in [-0.1, -0.05) is 63.3 Å². The molecule has 0 aliphatic carbocycles. The molecule has 0 saturated heterocycles. The van der Waals surface area contributed by atoms with Crippen molar-refractivity contribution in [2.45, 2.75) is 39.7 Å². The Morgan fingerprint density at radius 1 is 1.13 bits per heavy atom. The van der Waals surface area contributed by atoms with Crippen molar-refractivity contribution in [2.24, 2.45) is 11.3 Å². The van der Waals surface area contributed by atoms with Crippen molar-refractivity contribution in [2.75, 3.05) is 6.61 Å². The summed E-state index contributed by atoms with van der Waals surface area (Å²) in [6.45, 7) is 5.87. The number of carbonyl (C=O) groups is 2. The van der Waals surface area contributed by atoms with Crippen LogP contribution in [-0.4, -0.2) is 18.5 Å². The number of cyclic esters (lactones) is 1. The van der Waals surface area contributed by atoms with Crippen LogP contribution in [0.5, 0.6) is 0 Å². The molecule has 1 aromatic rings. The van der Waals surface area contributed by atoms with Crippen LogP contribution in [-0.2, 0) is 14.3 Å². The summed E-state index contributed by atoms with van der Waals surface area (Å²) in [5.74, 6) is -0.453. The highest BCUT2D eigenvalue weighted by molar-refractivity contribution is 5.82. The molecule has 0 aromatic heterocycles. The van der Waals surface area contributed by atoms with E-state index in [0.717, 1.165) is 5.56 Å². The summed E-state index contributed by atoms with van der Waals surface area (Å²) >= 11 is 0. The normalized spacial score (nSPS) is 27.1. The van der Waals surface area contributed by atoms with Gasteiger partial charge in [-0.3, -0.25) is 9.59 Å². The first kappa shape index (κ1) is 17.3. The quantitative estimate of drug-likeness (QED) is 0.638. The average molecular weight is 315 g/mol. The van der Waals surface area contributed by atoms with E-state index in [1.807, 2.05) is 63.3 Å². The summed E-state index contributed by atoms with van der Waals surface area (Å²) < 4.78 is 5.42. The highest BCUT2D eigenvalue weighted by Gasteiger charge is 2.29. The predicted octanol–water partition coefficient (Wildman–Crippen LogP) is 3.40. The van der Waals surface area contributed by atoms with Gasteiger partial charge >= 0.3 is 5.97 Å². The first-order chi connectivity index (χ1) is 10.9. The zero-order valence-corrected chi connectivity index (χ0v) is 14.0. The van der Waals surface area contributed by atoms with Crippen LogP contribution >= 0.6 is 0 Å². The Labute approximate surface area is 137 Å². The summed E-state index contributed by atoms with van der Waals surface area (Å²) in [4.78, 5) is 24.6. The highest BCUT2D eigenvalue weighted by Crippen LogP contribution is 2.25. The molecule has 23 heavy (non-hydrogen) atoms. The second-order valence-electron chi connectivity index (χ2n) is 6.76. The van der Waals surface area contributed by atoms with E-state index in [1.165, 1.54) is 0 Å². The SMILES string of the molecule is C[C@@H]1C/C=C/CC(C)(C)C(=O)N[C@H](c2ccccc2)COC1=O. The van der Waals surface area contributed by atoms with Crippen LogP contribution < -0.4 is 5.32 Å². The number of hydrogen-bond donors (Lipinski definition) is 1. The number of esters is 1. The molecular formula is C19H25NO3. The average Bonchev–Trinajstić information content (AvgIpc) is 2.54. The van der Waals surface area contributed by atoms with E-state index in [2.05, 4.69) is 5.32 Å². The first-order valence-electron chi connectivity index (χ1n) is 8.07. The number of hydrogen-bond acceptors (Lipinski definition) is 3. The smallest absolute Gasteiger partial charge is 0.309 e. The molecular weight excluding hydrogens is 290 g/mol. The third-order valence-corrected chi connectivity index (χ3v) is 4.20. The molecule has 1 aliphatic heterocycles. The van der Waals surface area contributed by atoms with E-state index >= 15 is 0 Å².